The summed E-state index contributed by atoms with van der Waals surface area (Å²) in [5.74, 6) is 2.00. The van der Waals surface area contributed by atoms with Crippen molar-refractivity contribution in [1.82, 2.24) is 15.0 Å². The van der Waals surface area contributed by atoms with Crippen molar-refractivity contribution in [1.29, 1.82) is 0 Å². The Morgan fingerprint density at radius 2 is 0.969 bits per heavy atom. The van der Waals surface area contributed by atoms with E-state index in [0.29, 0.717) is 0 Å². The van der Waals surface area contributed by atoms with Crippen LogP contribution in [0.25, 0.3) is 68.4 Å². The number of nitrogens with zero attached hydrogens (tertiary/aromatic N) is 5. The summed E-state index contributed by atoms with van der Waals surface area (Å²) in [6, 6.07) is 31.6. The molecule has 12 heteroatoms. The molecule has 324 valence electrons. The van der Waals surface area contributed by atoms with Gasteiger partial charge in [0, 0.05) is 29.4 Å². The molecule has 3 aromatic heterocycles. The molecule has 0 radical (unpaired) electrons. The van der Waals surface area contributed by atoms with E-state index in [1.165, 1.54) is 64.2 Å². The van der Waals surface area contributed by atoms with Gasteiger partial charge in [-0.3, -0.25) is 4.79 Å². The van der Waals surface area contributed by atoms with Crippen LogP contribution in [0, 0.1) is 62.3 Å². The van der Waals surface area contributed by atoms with Crippen LogP contribution in [0.1, 0.15) is 55.6 Å². The quantitative estimate of drug-likeness (QED) is 0.133. The molecule has 2 atom stereocenters. The molecule has 0 saturated carbocycles. The highest BCUT2D eigenvalue weighted by atomic mass is 32.1. The third-order valence-electron chi connectivity index (χ3n) is 11.4. The van der Waals surface area contributed by atoms with Gasteiger partial charge in [-0.15, -0.1) is 43.3 Å². The normalized spacial score (nSPS) is 11.4. The second kappa shape index (κ2) is 20.2. The van der Waals surface area contributed by atoms with Gasteiger partial charge < -0.3 is 5.32 Å². The highest BCUT2D eigenvalue weighted by Crippen LogP contribution is 2.38. The number of azo groups is 1. The molecule has 0 saturated heterocycles. The standard InChI is InChI=1S/C18H18NPS.C17H17N3S.C17H17N2OPS/c1-11-4-7-16-17(10-11)21-18(19-16)15-6-5-14(8-9-20)12(2)13(15)3;1-10-5-7-15-16(9-10)21-17(19-15)13-6-8-14(20-18-4)12(3)11(13)2;1-9-4-6-14-15(8-9)22-16(18-14)12-5-7-13(19-17(20)21)11(3)10(12)2/h4-10H,20H2,1-3H3;5-9H,1-4H3;4-8H,21H2,1-3H3,(H,19,20)/b9-8+;;. The molecular formula is C52H52N6OP2S3. The van der Waals surface area contributed by atoms with E-state index < -0.39 is 0 Å². The van der Waals surface area contributed by atoms with Crippen molar-refractivity contribution in [2.75, 3.05) is 12.4 Å². The Bertz CT molecular complexity index is 3130. The van der Waals surface area contributed by atoms with E-state index in [4.69, 9.17) is 15.0 Å². The van der Waals surface area contributed by atoms with E-state index in [1.807, 2.05) is 30.9 Å². The van der Waals surface area contributed by atoms with Crippen molar-refractivity contribution in [2.24, 2.45) is 10.2 Å². The van der Waals surface area contributed by atoms with Gasteiger partial charge in [-0.2, -0.15) is 10.2 Å². The second-order valence-electron chi connectivity index (χ2n) is 15.9. The number of thiazole rings is 3. The zero-order chi connectivity index (χ0) is 45.8. The van der Waals surface area contributed by atoms with Gasteiger partial charge in [-0.25, -0.2) is 15.0 Å². The van der Waals surface area contributed by atoms with Crippen LogP contribution in [0.3, 0.4) is 0 Å². The van der Waals surface area contributed by atoms with Crippen LogP contribution in [-0.2, 0) is 0 Å². The Morgan fingerprint density at radius 1 is 0.547 bits per heavy atom. The number of aromatic nitrogens is 3. The largest absolute Gasteiger partial charge is 0.323 e. The van der Waals surface area contributed by atoms with Crippen LogP contribution in [-0.4, -0.2) is 27.6 Å². The topological polar surface area (TPSA) is 92.5 Å². The molecule has 0 spiro atoms. The van der Waals surface area contributed by atoms with E-state index >= 15 is 0 Å². The summed E-state index contributed by atoms with van der Waals surface area (Å²) in [5.41, 5.74) is 20.7. The van der Waals surface area contributed by atoms with Crippen LogP contribution in [0.2, 0.25) is 0 Å². The third-order valence-corrected chi connectivity index (χ3v) is 14.9. The van der Waals surface area contributed by atoms with Gasteiger partial charge in [-0.1, -0.05) is 42.2 Å². The fraction of sp³-hybridized carbons (Fsp3) is 0.192. The van der Waals surface area contributed by atoms with Crippen LogP contribution < -0.4 is 5.32 Å². The van der Waals surface area contributed by atoms with Gasteiger partial charge in [0.15, 0.2) is 0 Å². The number of anilines is 1. The van der Waals surface area contributed by atoms with Crippen molar-refractivity contribution < 1.29 is 4.79 Å². The lowest BCUT2D eigenvalue weighted by Gasteiger charge is -2.12. The maximum absolute atomic E-state index is 11.2. The van der Waals surface area contributed by atoms with Crippen molar-refractivity contribution in [2.45, 2.75) is 62.3 Å². The fourth-order valence-corrected chi connectivity index (χ4v) is 11.2. The molecule has 2 unspecified atom stereocenters. The lowest BCUT2D eigenvalue weighted by molar-refractivity contribution is 0.269. The highest BCUT2D eigenvalue weighted by Gasteiger charge is 2.15. The Hall–Kier alpha value is -5.34. The number of benzene rings is 6. The van der Waals surface area contributed by atoms with Gasteiger partial charge in [0.2, 0.25) is 5.65 Å². The Morgan fingerprint density at radius 3 is 1.41 bits per heavy atom. The minimum absolute atomic E-state index is 0.134. The monoisotopic (exact) mass is 934 g/mol. The summed E-state index contributed by atoms with van der Waals surface area (Å²) in [6.07, 6.45) is 2.12. The predicted octanol–water partition coefficient (Wildman–Crippen LogP) is 16.6. The Labute approximate surface area is 392 Å². The number of aryl methyl sites for hydroxylation is 3. The summed E-state index contributed by atoms with van der Waals surface area (Å²) in [6.45, 7) is 19.0. The van der Waals surface area contributed by atoms with Crippen molar-refractivity contribution in [3.63, 3.8) is 0 Å². The number of rotatable bonds is 6. The summed E-state index contributed by atoms with van der Waals surface area (Å²) in [7, 11) is 6.46. The van der Waals surface area contributed by atoms with Crippen LogP contribution in [0.4, 0.5) is 16.2 Å². The molecule has 0 aliphatic heterocycles. The number of carbonyl (C=O) groups is 1. The zero-order valence-electron chi connectivity index (χ0n) is 37.8. The number of hydrogen-bond acceptors (Lipinski definition) is 9. The molecule has 9 aromatic rings. The maximum atomic E-state index is 11.2. The zero-order valence-corrected chi connectivity index (χ0v) is 42.6. The molecule has 0 aliphatic carbocycles. The molecule has 7 nitrogen and oxygen atoms in total. The lowest BCUT2D eigenvalue weighted by Crippen LogP contribution is -2.03. The molecule has 1 amide bonds. The molecule has 3 heterocycles. The number of hydrogen-bond donors (Lipinski definition) is 1. The first-order valence-electron chi connectivity index (χ1n) is 20.8. The summed E-state index contributed by atoms with van der Waals surface area (Å²) >= 11 is 5.22. The molecule has 0 fully saturated rings. The van der Waals surface area contributed by atoms with Crippen molar-refractivity contribution >= 4 is 106 Å². The van der Waals surface area contributed by atoms with Gasteiger partial charge in [0.05, 0.1) is 36.3 Å². The van der Waals surface area contributed by atoms with E-state index in [2.05, 4.69) is 168 Å². The lowest BCUT2D eigenvalue weighted by atomic mass is 9.98. The smallest absolute Gasteiger partial charge is 0.239 e. The molecule has 1 N–H and O–H groups in total. The molecule has 6 aromatic carbocycles. The molecule has 64 heavy (non-hydrogen) atoms. The van der Waals surface area contributed by atoms with Crippen LogP contribution in [0.15, 0.2) is 107 Å². The minimum Gasteiger partial charge on any atom is -0.323 e. The van der Waals surface area contributed by atoms with Gasteiger partial charge in [-0.05, 0) is 188 Å². The molecule has 0 aliphatic rings. The average Bonchev–Trinajstić information content (AvgIpc) is 4.00. The highest BCUT2D eigenvalue weighted by molar-refractivity contribution is 7.40. The summed E-state index contributed by atoms with van der Waals surface area (Å²) in [5, 5.41) is 14.1. The Kier molecular flexibility index (Phi) is 14.7. The Balaban J connectivity index is 0.000000144. The SMILES string of the molecule is CN=Nc1ccc(-c2nc3ccc(C)cc3s2)c(C)c1C.Cc1ccc2nc(-c3ccc(/C=C/P)c(C)c3C)sc2c1.Cc1ccc2nc(-c3ccc(NC(=O)P)c(C)c3C)sc2c1. The first kappa shape index (κ1) is 46.6. The minimum atomic E-state index is -0.134. The molecule has 0 bridgehead atoms. The van der Waals surface area contributed by atoms with Crippen molar-refractivity contribution in [3.05, 3.63) is 152 Å². The molecular weight excluding hydrogens is 883 g/mol. The third kappa shape index (κ3) is 10.3. The second-order valence-corrected chi connectivity index (χ2v) is 19.9. The van der Waals surface area contributed by atoms with Gasteiger partial charge >= 0.3 is 0 Å². The van der Waals surface area contributed by atoms with E-state index in [-0.39, 0.29) is 5.65 Å². The summed E-state index contributed by atoms with van der Waals surface area (Å²) < 4.78 is 3.70. The van der Waals surface area contributed by atoms with Gasteiger partial charge in [0.1, 0.15) is 15.0 Å². The number of nitrogens with one attached hydrogen (secondary N) is 1. The van der Waals surface area contributed by atoms with E-state index in [9.17, 15) is 4.79 Å². The predicted molar refractivity (Wildman–Crippen MR) is 286 cm³/mol. The summed E-state index contributed by atoms with van der Waals surface area (Å²) in [4.78, 5) is 25.5. The number of amides is 1. The first-order chi connectivity index (χ1) is 30.6. The van der Waals surface area contributed by atoms with Crippen LogP contribution in [0.5, 0.6) is 0 Å². The van der Waals surface area contributed by atoms with E-state index in [0.717, 1.165) is 65.2 Å². The van der Waals surface area contributed by atoms with Crippen LogP contribution >= 0.6 is 52.5 Å². The van der Waals surface area contributed by atoms with Gasteiger partial charge in [0.25, 0.3) is 0 Å². The first-order valence-corrected chi connectivity index (χ1v) is 24.5. The fourth-order valence-electron chi connectivity index (χ4n) is 7.37. The van der Waals surface area contributed by atoms with Crippen molar-refractivity contribution in [3.8, 4) is 31.7 Å². The van der Waals surface area contributed by atoms with E-state index in [1.54, 1.807) is 41.1 Å². The number of carbonyl (C=O) groups excluding carboxylic acids is 1. The average molecular weight is 935 g/mol. The molecule has 9 rings (SSSR count). The maximum Gasteiger partial charge on any atom is 0.239 e. The number of fused-ring (bicyclic) bond motifs is 3.